The highest BCUT2D eigenvalue weighted by atomic mass is 32.1. The third-order valence-electron chi connectivity index (χ3n) is 3.48. The number of carbonyl (C=O) groups is 3. The van der Waals surface area contributed by atoms with E-state index < -0.39 is 11.8 Å². The van der Waals surface area contributed by atoms with Crippen molar-refractivity contribution < 1.29 is 18.8 Å². The summed E-state index contributed by atoms with van der Waals surface area (Å²) in [5, 5.41) is 2.41. The molecule has 0 saturated heterocycles. The molecule has 0 spiro atoms. The number of nitrogens with one attached hydrogen (secondary N) is 2. The number of thiophene rings is 1. The van der Waals surface area contributed by atoms with Crippen LogP contribution in [0.2, 0.25) is 0 Å². The van der Waals surface area contributed by atoms with E-state index in [0.29, 0.717) is 20.5 Å². The number of halogens is 1. The average Bonchev–Trinajstić information content (AvgIpc) is 3.30. The number of Topliss-reactive ketones (excluding diaryl/α,β-unsaturated/α-hetero) is 1. The Bertz CT molecular complexity index is 995. The molecule has 138 valence electrons. The van der Waals surface area contributed by atoms with Crippen LogP contribution < -0.4 is 10.9 Å². The molecule has 0 bridgehead atoms. The third-order valence-corrected chi connectivity index (χ3v) is 5.60. The zero-order valence-corrected chi connectivity index (χ0v) is 15.7. The van der Waals surface area contributed by atoms with E-state index in [0.717, 1.165) is 16.9 Å². The van der Waals surface area contributed by atoms with E-state index in [-0.39, 0.29) is 18.0 Å². The quantitative estimate of drug-likeness (QED) is 0.506. The van der Waals surface area contributed by atoms with Crippen LogP contribution in [0.4, 0.5) is 4.39 Å². The molecule has 0 radical (unpaired) electrons. The lowest BCUT2D eigenvalue weighted by Crippen LogP contribution is -2.42. The fourth-order valence-electron chi connectivity index (χ4n) is 2.16. The van der Waals surface area contributed by atoms with Gasteiger partial charge in [-0.15, -0.1) is 22.7 Å². The number of thiazole rings is 1. The zero-order chi connectivity index (χ0) is 19.4. The van der Waals surface area contributed by atoms with Gasteiger partial charge in [0.15, 0.2) is 5.78 Å². The Balaban J connectivity index is 1.54. The summed E-state index contributed by atoms with van der Waals surface area (Å²) >= 11 is 2.40. The van der Waals surface area contributed by atoms with Crippen LogP contribution in [-0.2, 0) is 11.2 Å². The number of hydrogen-bond acceptors (Lipinski definition) is 6. The molecule has 0 fully saturated rings. The van der Waals surface area contributed by atoms with Gasteiger partial charge in [0.1, 0.15) is 10.8 Å². The molecule has 0 saturated carbocycles. The molecule has 2 aromatic heterocycles. The van der Waals surface area contributed by atoms with Gasteiger partial charge in [-0.05, 0) is 43.3 Å². The van der Waals surface area contributed by atoms with E-state index in [1.165, 1.54) is 36.5 Å². The molecule has 6 nitrogen and oxygen atoms in total. The molecule has 2 heterocycles. The van der Waals surface area contributed by atoms with Gasteiger partial charge in [0.05, 0.1) is 21.9 Å². The van der Waals surface area contributed by atoms with Gasteiger partial charge < -0.3 is 0 Å². The number of hydrogen-bond donors (Lipinski definition) is 2. The molecule has 0 aliphatic heterocycles. The van der Waals surface area contributed by atoms with E-state index in [9.17, 15) is 18.8 Å². The molecule has 0 aliphatic carbocycles. The van der Waals surface area contributed by atoms with Gasteiger partial charge in [-0.2, -0.15) is 0 Å². The maximum Gasteiger partial charge on any atom is 0.279 e. The summed E-state index contributed by atoms with van der Waals surface area (Å²) in [6.07, 6.45) is -0.0128. The SMILES string of the molecule is CC(=O)c1ccc(C(=O)NNC(=O)Cc2csc(-c3ccc(F)cc3)n2)s1. The highest BCUT2D eigenvalue weighted by molar-refractivity contribution is 7.16. The summed E-state index contributed by atoms with van der Waals surface area (Å²) < 4.78 is 13.0. The number of nitrogens with zero attached hydrogens (tertiary/aromatic N) is 1. The Hall–Kier alpha value is -2.91. The monoisotopic (exact) mass is 403 g/mol. The lowest BCUT2D eigenvalue weighted by Gasteiger charge is -2.05. The van der Waals surface area contributed by atoms with E-state index in [1.807, 2.05) is 0 Å². The zero-order valence-electron chi connectivity index (χ0n) is 14.1. The Morgan fingerprint density at radius 1 is 1.04 bits per heavy atom. The minimum atomic E-state index is -0.494. The molecule has 3 aromatic rings. The van der Waals surface area contributed by atoms with E-state index in [2.05, 4.69) is 15.8 Å². The van der Waals surface area contributed by atoms with Gasteiger partial charge in [0, 0.05) is 10.9 Å². The van der Waals surface area contributed by atoms with Crippen LogP contribution in [0.25, 0.3) is 10.6 Å². The van der Waals surface area contributed by atoms with Gasteiger partial charge in [-0.1, -0.05) is 0 Å². The summed E-state index contributed by atoms with van der Waals surface area (Å²) in [6.45, 7) is 1.42. The predicted octanol–water partition coefficient (Wildman–Crippen LogP) is 3.22. The van der Waals surface area contributed by atoms with Crippen LogP contribution in [-0.4, -0.2) is 22.6 Å². The number of carbonyl (C=O) groups excluding carboxylic acids is 3. The van der Waals surface area contributed by atoms with Crippen molar-refractivity contribution in [3.05, 3.63) is 63.0 Å². The molecule has 0 atom stereocenters. The largest absolute Gasteiger partial charge is 0.294 e. The van der Waals surface area contributed by atoms with Crippen LogP contribution >= 0.6 is 22.7 Å². The van der Waals surface area contributed by atoms with E-state index >= 15 is 0 Å². The average molecular weight is 403 g/mol. The van der Waals surface area contributed by atoms with E-state index in [4.69, 9.17) is 0 Å². The maximum absolute atomic E-state index is 13.0. The first kappa shape index (κ1) is 18.9. The highest BCUT2D eigenvalue weighted by Crippen LogP contribution is 2.24. The van der Waals surface area contributed by atoms with Gasteiger partial charge in [0.2, 0.25) is 5.91 Å². The summed E-state index contributed by atoms with van der Waals surface area (Å²) in [6, 6.07) is 9.03. The minimum Gasteiger partial charge on any atom is -0.294 e. The molecular weight excluding hydrogens is 389 g/mol. The highest BCUT2D eigenvalue weighted by Gasteiger charge is 2.13. The van der Waals surface area contributed by atoms with Crippen molar-refractivity contribution in [2.45, 2.75) is 13.3 Å². The molecule has 0 unspecified atom stereocenters. The van der Waals surface area contributed by atoms with Gasteiger partial charge in [-0.25, -0.2) is 9.37 Å². The summed E-state index contributed by atoms with van der Waals surface area (Å²) in [5.41, 5.74) is 5.94. The molecule has 1 aromatic carbocycles. The van der Waals surface area contributed by atoms with Crippen molar-refractivity contribution in [3.63, 3.8) is 0 Å². The van der Waals surface area contributed by atoms with Crippen LogP contribution in [0.1, 0.15) is 32.0 Å². The maximum atomic E-state index is 13.0. The van der Waals surface area contributed by atoms with Gasteiger partial charge >= 0.3 is 0 Å². The number of ketones is 1. The van der Waals surface area contributed by atoms with Gasteiger partial charge in [0.25, 0.3) is 5.91 Å². The Labute approximate surface area is 162 Å². The second-order valence-electron chi connectivity index (χ2n) is 5.55. The standard InChI is InChI=1S/C18H14FN3O3S2/c1-10(23)14-6-7-15(27-14)17(25)22-21-16(24)8-13-9-26-18(20-13)11-2-4-12(19)5-3-11/h2-7,9H,8H2,1H3,(H,21,24)(H,22,25). The van der Waals surface area contributed by atoms with Crippen molar-refractivity contribution in [1.29, 1.82) is 0 Å². The first-order valence-corrected chi connectivity index (χ1v) is 9.52. The van der Waals surface area contributed by atoms with Crippen LogP contribution in [0.15, 0.2) is 41.8 Å². The molecule has 9 heteroatoms. The van der Waals surface area contributed by atoms with Gasteiger partial charge in [-0.3, -0.25) is 25.2 Å². The second-order valence-corrected chi connectivity index (χ2v) is 7.49. The molecule has 2 amide bonds. The Kier molecular flexibility index (Phi) is 5.72. The third kappa shape index (κ3) is 4.83. The number of hydrazine groups is 1. The Morgan fingerprint density at radius 2 is 1.74 bits per heavy atom. The Morgan fingerprint density at radius 3 is 2.41 bits per heavy atom. The van der Waals surface area contributed by atoms with Crippen molar-refractivity contribution in [3.8, 4) is 10.6 Å². The minimum absolute atomic E-state index is 0.0128. The van der Waals surface area contributed by atoms with Crippen molar-refractivity contribution >= 4 is 40.3 Å². The number of rotatable bonds is 5. The second kappa shape index (κ2) is 8.19. The van der Waals surface area contributed by atoms with Crippen molar-refractivity contribution in [2.24, 2.45) is 0 Å². The van der Waals surface area contributed by atoms with E-state index in [1.54, 1.807) is 23.6 Å². The summed E-state index contributed by atoms with van der Waals surface area (Å²) in [5.74, 6) is -1.37. The molecule has 27 heavy (non-hydrogen) atoms. The molecule has 3 rings (SSSR count). The fraction of sp³-hybridized carbons (Fsp3) is 0.111. The summed E-state index contributed by atoms with van der Waals surface area (Å²) in [7, 11) is 0. The smallest absolute Gasteiger partial charge is 0.279 e. The van der Waals surface area contributed by atoms with Crippen molar-refractivity contribution in [2.75, 3.05) is 0 Å². The van der Waals surface area contributed by atoms with Crippen LogP contribution in [0.3, 0.4) is 0 Å². The van der Waals surface area contributed by atoms with Crippen LogP contribution in [0, 0.1) is 5.82 Å². The summed E-state index contributed by atoms with van der Waals surface area (Å²) in [4.78, 5) is 40.4. The first-order valence-electron chi connectivity index (χ1n) is 7.82. The number of benzene rings is 1. The number of aromatic nitrogens is 1. The lowest BCUT2D eigenvalue weighted by molar-refractivity contribution is -0.121. The predicted molar refractivity (Wildman–Crippen MR) is 101 cm³/mol. The van der Waals surface area contributed by atoms with Crippen molar-refractivity contribution in [1.82, 2.24) is 15.8 Å². The molecular formula is C18H14FN3O3S2. The lowest BCUT2D eigenvalue weighted by atomic mass is 10.2. The molecule has 0 aliphatic rings. The number of amides is 2. The topological polar surface area (TPSA) is 88.2 Å². The van der Waals surface area contributed by atoms with Crippen LogP contribution in [0.5, 0.6) is 0 Å². The molecule has 2 N–H and O–H groups in total. The first-order chi connectivity index (χ1) is 12.9. The normalized spacial score (nSPS) is 10.4. The fourth-order valence-corrected chi connectivity index (χ4v) is 3.78.